The second kappa shape index (κ2) is 18.2. The quantitative estimate of drug-likeness (QED) is 0.146. The van der Waals surface area contributed by atoms with Crippen LogP contribution in [0.3, 0.4) is 0 Å². The van der Waals surface area contributed by atoms with Gasteiger partial charge < -0.3 is 0 Å². The molecule has 0 aromatic rings. The van der Waals surface area contributed by atoms with Gasteiger partial charge in [0, 0.05) is 0 Å². The molecule has 0 amide bonds. The highest BCUT2D eigenvalue weighted by Gasteiger charge is 2.09. The summed E-state index contributed by atoms with van der Waals surface area (Å²) in [4.78, 5) is 0. The minimum absolute atomic E-state index is 0.0781. The summed E-state index contributed by atoms with van der Waals surface area (Å²) in [6.45, 7) is 5.78. The third-order valence-electron chi connectivity index (χ3n) is 4.27. The van der Waals surface area contributed by atoms with E-state index in [1.165, 1.54) is 76.7 Å². The molecular formula is C21H40O3S. The summed E-state index contributed by atoms with van der Waals surface area (Å²) >= 11 is 0. The zero-order valence-corrected chi connectivity index (χ0v) is 17.2. The number of unbranched alkanes of at least 4 members (excludes halogenated alkanes) is 12. The first kappa shape index (κ1) is 24.4. The van der Waals surface area contributed by atoms with Crippen LogP contribution < -0.4 is 0 Å². The molecule has 0 aromatic carbocycles. The van der Waals surface area contributed by atoms with Gasteiger partial charge in [0.2, 0.25) is 0 Å². The molecule has 0 radical (unpaired) electrons. The fourth-order valence-electron chi connectivity index (χ4n) is 2.74. The maximum Gasteiger partial charge on any atom is 0.267 e. The molecule has 0 aliphatic carbocycles. The van der Waals surface area contributed by atoms with Gasteiger partial charge in [0.1, 0.15) is 0 Å². The van der Waals surface area contributed by atoms with Gasteiger partial charge in [0.25, 0.3) is 10.1 Å². The van der Waals surface area contributed by atoms with Gasteiger partial charge in [-0.3, -0.25) is 4.18 Å². The second-order valence-corrected chi connectivity index (χ2v) is 8.53. The van der Waals surface area contributed by atoms with Crippen LogP contribution in [0.1, 0.15) is 96.8 Å². The van der Waals surface area contributed by atoms with E-state index in [2.05, 4.69) is 25.7 Å². The summed E-state index contributed by atoms with van der Waals surface area (Å²) in [5.74, 6) is 0.127. The third-order valence-corrected chi connectivity index (χ3v) is 5.56. The predicted octanol–water partition coefficient (Wildman–Crippen LogP) is 6.56. The van der Waals surface area contributed by atoms with Gasteiger partial charge >= 0.3 is 0 Å². The van der Waals surface area contributed by atoms with Crippen molar-refractivity contribution in [2.75, 3.05) is 12.4 Å². The standard InChI is InChI=1S/C21H40O3S/c1-3-5-6-7-8-9-10-11-12-13-14-15-16-17-18-19-21-25(22,23)24-20-4-2/h4,11-12H,2-3,5-10,13-21H2,1H3. The molecule has 0 aliphatic heterocycles. The highest BCUT2D eigenvalue weighted by atomic mass is 32.2. The van der Waals surface area contributed by atoms with Crippen molar-refractivity contribution >= 4 is 10.1 Å². The van der Waals surface area contributed by atoms with Gasteiger partial charge in [0.15, 0.2) is 0 Å². The van der Waals surface area contributed by atoms with E-state index >= 15 is 0 Å². The van der Waals surface area contributed by atoms with Crippen molar-refractivity contribution in [1.82, 2.24) is 0 Å². The van der Waals surface area contributed by atoms with Crippen LogP contribution in [0.15, 0.2) is 24.8 Å². The first-order valence-electron chi connectivity index (χ1n) is 10.3. The summed E-state index contributed by atoms with van der Waals surface area (Å²) in [6.07, 6.45) is 23.2. The van der Waals surface area contributed by atoms with Crippen LogP contribution in [0.5, 0.6) is 0 Å². The van der Waals surface area contributed by atoms with Crippen molar-refractivity contribution in [2.24, 2.45) is 0 Å². The number of hydrogen-bond donors (Lipinski definition) is 0. The SMILES string of the molecule is C=CCOS(=O)(=O)CCCCCCCCC=CCCCCCCCC. The monoisotopic (exact) mass is 372 g/mol. The zero-order valence-electron chi connectivity index (χ0n) is 16.4. The third kappa shape index (κ3) is 19.6. The van der Waals surface area contributed by atoms with Gasteiger partial charge in [-0.05, 0) is 32.1 Å². The van der Waals surface area contributed by atoms with Gasteiger partial charge in [-0.1, -0.05) is 82.9 Å². The lowest BCUT2D eigenvalue weighted by Gasteiger charge is -2.03. The first-order valence-corrected chi connectivity index (χ1v) is 11.8. The van der Waals surface area contributed by atoms with Crippen LogP contribution in [0.2, 0.25) is 0 Å². The van der Waals surface area contributed by atoms with E-state index in [1.54, 1.807) is 0 Å². The van der Waals surface area contributed by atoms with Crippen molar-refractivity contribution in [1.29, 1.82) is 0 Å². The normalized spacial score (nSPS) is 12.0. The van der Waals surface area contributed by atoms with Crippen molar-refractivity contribution in [3.63, 3.8) is 0 Å². The van der Waals surface area contributed by atoms with Gasteiger partial charge in [-0.15, -0.1) is 6.58 Å². The van der Waals surface area contributed by atoms with Gasteiger partial charge in [-0.2, -0.15) is 8.42 Å². The van der Waals surface area contributed by atoms with Crippen LogP contribution in [-0.4, -0.2) is 20.8 Å². The average Bonchev–Trinajstić information content (AvgIpc) is 2.59. The molecule has 0 saturated carbocycles. The molecule has 25 heavy (non-hydrogen) atoms. The fourth-order valence-corrected chi connectivity index (χ4v) is 3.72. The Kier molecular flexibility index (Phi) is 17.7. The number of allylic oxidation sites excluding steroid dienone is 2. The molecule has 3 nitrogen and oxygen atoms in total. The summed E-state index contributed by atoms with van der Waals surface area (Å²) in [5.41, 5.74) is 0. The molecule has 4 heteroatoms. The summed E-state index contributed by atoms with van der Waals surface area (Å²) in [7, 11) is -3.34. The smallest absolute Gasteiger partial charge is 0.266 e. The maximum absolute atomic E-state index is 11.5. The van der Waals surface area contributed by atoms with E-state index in [-0.39, 0.29) is 12.4 Å². The van der Waals surface area contributed by atoms with Crippen molar-refractivity contribution < 1.29 is 12.6 Å². The minimum Gasteiger partial charge on any atom is -0.266 e. The zero-order chi connectivity index (χ0) is 18.6. The Morgan fingerprint density at radius 1 is 0.760 bits per heavy atom. The molecule has 0 saturated heterocycles. The summed E-state index contributed by atoms with van der Waals surface area (Å²) in [5, 5.41) is 0. The summed E-state index contributed by atoms with van der Waals surface area (Å²) in [6, 6.07) is 0. The first-order chi connectivity index (χ1) is 12.1. The lowest BCUT2D eigenvalue weighted by molar-refractivity contribution is 0.356. The van der Waals surface area contributed by atoms with Gasteiger partial charge in [0.05, 0.1) is 12.4 Å². The Balaban J connectivity index is 3.28. The Labute approximate surface area is 157 Å². The maximum atomic E-state index is 11.5. The van der Waals surface area contributed by atoms with Crippen LogP contribution in [0.25, 0.3) is 0 Å². The molecular weight excluding hydrogens is 332 g/mol. The van der Waals surface area contributed by atoms with E-state index in [4.69, 9.17) is 4.18 Å². The lowest BCUT2D eigenvalue weighted by atomic mass is 10.1. The van der Waals surface area contributed by atoms with Crippen molar-refractivity contribution in [3.05, 3.63) is 24.8 Å². The molecule has 0 aromatic heterocycles. The topological polar surface area (TPSA) is 43.4 Å². The Morgan fingerprint density at radius 3 is 1.76 bits per heavy atom. The lowest BCUT2D eigenvalue weighted by Crippen LogP contribution is -2.10. The number of rotatable bonds is 19. The van der Waals surface area contributed by atoms with Crippen LogP contribution in [-0.2, 0) is 14.3 Å². The fraction of sp³-hybridized carbons (Fsp3) is 0.810. The Bertz CT molecular complexity index is 413. The van der Waals surface area contributed by atoms with E-state index in [0.717, 1.165) is 12.8 Å². The van der Waals surface area contributed by atoms with E-state index in [1.807, 2.05) is 0 Å². The highest BCUT2D eigenvalue weighted by molar-refractivity contribution is 7.86. The minimum atomic E-state index is -3.34. The van der Waals surface area contributed by atoms with Gasteiger partial charge in [-0.25, -0.2) is 0 Å². The van der Waals surface area contributed by atoms with E-state index < -0.39 is 10.1 Å². The van der Waals surface area contributed by atoms with E-state index in [9.17, 15) is 8.42 Å². The summed E-state index contributed by atoms with van der Waals surface area (Å²) < 4.78 is 27.7. The molecule has 0 unspecified atom stereocenters. The predicted molar refractivity (Wildman–Crippen MR) is 109 cm³/mol. The average molecular weight is 373 g/mol. The molecule has 0 fully saturated rings. The Hall–Kier alpha value is -0.610. The molecule has 148 valence electrons. The molecule has 0 atom stereocenters. The highest BCUT2D eigenvalue weighted by Crippen LogP contribution is 2.10. The van der Waals surface area contributed by atoms with E-state index in [0.29, 0.717) is 6.42 Å². The molecule has 0 heterocycles. The molecule has 0 N–H and O–H groups in total. The largest absolute Gasteiger partial charge is 0.267 e. The van der Waals surface area contributed by atoms with Crippen molar-refractivity contribution in [2.45, 2.75) is 96.8 Å². The second-order valence-electron chi connectivity index (χ2n) is 6.77. The molecule has 0 rings (SSSR count). The number of hydrogen-bond acceptors (Lipinski definition) is 3. The molecule has 0 aliphatic rings. The van der Waals surface area contributed by atoms with Crippen LogP contribution in [0.4, 0.5) is 0 Å². The van der Waals surface area contributed by atoms with Crippen LogP contribution in [0, 0.1) is 0 Å². The van der Waals surface area contributed by atoms with Crippen LogP contribution >= 0.6 is 0 Å². The Morgan fingerprint density at radius 2 is 1.24 bits per heavy atom. The molecule has 0 spiro atoms. The van der Waals surface area contributed by atoms with Crippen molar-refractivity contribution in [3.8, 4) is 0 Å². The molecule has 0 bridgehead atoms.